The maximum atomic E-state index is 12.5. The van der Waals surface area contributed by atoms with Gasteiger partial charge >= 0.3 is 6.18 Å². The molecule has 5 nitrogen and oxygen atoms in total. The van der Waals surface area contributed by atoms with Crippen molar-refractivity contribution in [2.45, 2.75) is 24.4 Å². The molecule has 19 heavy (non-hydrogen) atoms. The zero-order chi connectivity index (χ0) is 14.6. The Morgan fingerprint density at radius 3 is 2.58 bits per heavy atom. The van der Waals surface area contributed by atoms with Gasteiger partial charge in [-0.15, -0.1) is 0 Å². The van der Waals surface area contributed by atoms with Crippen LogP contribution in [0.1, 0.15) is 12.7 Å². The van der Waals surface area contributed by atoms with Crippen molar-refractivity contribution < 1.29 is 18.3 Å². The average molecular weight is 296 g/mol. The van der Waals surface area contributed by atoms with Crippen molar-refractivity contribution in [3.05, 3.63) is 11.9 Å². The number of nitrogens with two attached hydrogens (primary N) is 1. The molecule has 0 saturated heterocycles. The molecule has 0 aromatic carbocycles. The number of nitrogens with zero attached hydrogens (tertiary/aromatic N) is 2. The molecule has 0 aliphatic heterocycles. The first-order valence-electron chi connectivity index (χ1n) is 5.40. The quantitative estimate of drug-likeness (QED) is 0.765. The van der Waals surface area contributed by atoms with Crippen molar-refractivity contribution in [1.82, 2.24) is 9.97 Å². The Morgan fingerprint density at radius 1 is 1.47 bits per heavy atom. The minimum Gasteiger partial charge on any atom is -0.395 e. The molecule has 0 spiro atoms. The van der Waals surface area contributed by atoms with Gasteiger partial charge in [-0.25, -0.2) is 9.97 Å². The lowest BCUT2D eigenvalue weighted by Gasteiger charge is -2.22. The van der Waals surface area contributed by atoms with Crippen molar-refractivity contribution in [1.29, 1.82) is 0 Å². The van der Waals surface area contributed by atoms with Crippen molar-refractivity contribution in [3.63, 3.8) is 0 Å². The van der Waals surface area contributed by atoms with E-state index in [-0.39, 0.29) is 29.5 Å². The second kappa shape index (κ2) is 6.29. The first kappa shape index (κ1) is 15.8. The van der Waals surface area contributed by atoms with E-state index in [1.165, 1.54) is 17.8 Å². The van der Waals surface area contributed by atoms with Crippen LogP contribution in [0.15, 0.2) is 6.07 Å². The molecule has 1 aromatic heterocycles. The summed E-state index contributed by atoms with van der Waals surface area (Å²) in [6.45, 7) is 1.64. The number of anilines is 2. The first-order valence-corrected chi connectivity index (χ1v) is 6.68. The van der Waals surface area contributed by atoms with Crippen LogP contribution in [0.25, 0.3) is 0 Å². The number of alkyl halides is 3. The van der Waals surface area contributed by atoms with Gasteiger partial charge in [0.25, 0.3) is 0 Å². The van der Waals surface area contributed by atoms with E-state index in [1.807, 2.05) is 0 Å². The predicted molar refractivity (Wildman–Crippen MR) is 68.9 cm³/mol. The number of nitrogen functional groups attached to an aromatic ring is 1. The number of aliphatic hydroxyl groups is 1. The number of aliphatic hydroxyl groups excluding tert-OH is 1. The Kier molecular flexibility index (Phi) is 5.24. The molecule has 0 saturated carbocycles. The summed E-state index contributed by atoms with van der Waals surface area (Å²) in [7, 11) is 0. The van der Waals surface area contributed by atoms with Crippen LogP contribution in [-0.2, 0) is 6.18 Å². The molecule has 0 radical (unpaired) electrons. The Morgan fingerprint density at radius 2 is 2.11 bits per heavy atom. The number of hydrogen-bond acceptors (Lipinski definition) is 6. The molecule has 0 bridgehead atoms. The number of rotatable bonds is 5. The molecule has 4 N–H and O–H groups in total. The lowest BCUT2D eigenvalue weighted by molar-refractivity contribution is -0.144. The second-order valence-electron chi connectivity index (χ2n) is 3.89. The summed E-state index contributed by atoms with van der Waals surface area (Å²) in [6.07, 6.45) is -2.85. The van der Waals surface area contributed by atoms with E-state index in [9.17, 15) is 13.2 Å². The summed E-state index contributed by atoms with van der Waals surface area (Å²) in [5, 5.41) is 11.7. The normalized spacial score (nSPS) is 15.1. The number of thioether (sulfide) groups is 1. The fourth-order valence-corrected chi connectivity index (χ4v) is 2.06. The van der Waals surface area contributed by atoms with Gasteiger partial charge < -0.3 is 16.2 Å². The molecular weight excluding hydrogens is 281 g/mol. The standard InChI is InChI=1S/C10H15F3N4OS/c1-5(6(4-18)19-2)15-8-3-7(14)16-9(17-8)10(11,12)13/h3,5-6,18H,4H2,1-2H3,(H3,14,15,16,17). The molecule has 2 unspecified atom stereocenters. The van der Waals surface area contributed by atoms with E-state index >= 15 is 0 Å². The van der Waals surface area contributed by atoms with Gasteiger partial charge in [0, 0.05) is 17.4 Å². The molecule has 1 heterocycles. The van der Waals surface area contributed by atoms with Crippen LogP contribution in [0.5, 0.6) is 0 Å². The highest BCUT2D eigenvalue weighted by Gasteiger charge is 2.35. The molecular formula is C10H15F3N4OS. The molecule has 2 atom stereocenters. The highest BCUT2D eigenvalue weighted by Crippen LogP contribution is 2.28. The van der Waals surface area contributed by atoms with Crippen LogP contribution < -0.4 is 11.1 Å². The van der Waals surface area contributed by atoms with Gasteiger partial charge in [-0.2, -0.15) is 24.9 Å². The first-order chi connectivity index (χ1) is 8.77. The van der Waals surface area contributed by atoms with Gasteiger partial charge in [0.1, 0.15) is 11.6 Å². The van der Waals surface area contributed by atoms with Crippen LogP contribution in [-0.4, -0.2) is 39.2 Å². The third-order valence-corrected chi connectivity index (χ3v) is 3.58. The highest BCUT2D eigenvalue weighted by atomic mass is 32.2. The van der Waals surface area contributed by atoms with Crippen LogP contribution in [0.3, 0.4) is 0 Å². The van der Waals surface area contributed by atoms with Crippen LogP contribution >= 0.6 is 11.8 Å². The third-order valence-electron chi connectivity index (χ3n) is 2.42. The SMILES string of the molecule is CSC(CO)C(C)Nc1cc(N)nc(C(F)(F)F)n1. The van der Waals surface area contributed by atoms with Crippen molar-refractivity contribution in [2.24, 2.45) is 0 Å². The summed E-state index contributed by atoms with van der Waals surface area (Å²) in [6, 6.07) is 0.955. The summed E-state index contributed by atoms with van der Waals surface area (Å²) in [5.41, 5.74) is 5.33. The second-order valence-corrected chi connectivity index (χ2v) is 4.97. The fraction of sp³-hybridized carbons (Fsp3) is 0.600. The minimum atomic E-state index is -4.65. The van der Waals surface area contributed by atoms with E-state index < -0.39 is 12.0 Å². The number of hydrogen-bond donors (Lipinski definition) is 3. The molecule has 1 rings (SSSR count). The van der Waals surface area contributed by atoms with Gasteiger partial charge in [-0.1, -0.05) is 0 Å². The van der Waals surface area contributed by atoms with E-state index in [0.717, 1.165) is 0 Å². The lowest BCUT2D eigenvalue weighted by Crippen LogP contribution is -2.31. The van der Waals surface area contributed by atoms with Crippen molar-refractivity contribution >= 4 is 23.4 Å². The zero-order valence-corrected chi connectivity index (χ0v) is 11.2. The topological polar surface area (TPSA) is 84.1 Å². The maximum absolute atomic E-state index is 12.5. The molecule has 1 aromatic rings. The maximum Gasteiger partial charge on any atom is 0.451 e. The van der Waals surface area contributed by atoms with Crippen molar-refractivity contribution in [3.8, 4) is 0 Å². The zero-order valence-electron chi connectivity index (χ0n) is 10.4. The lowest BCUT2D eigenvalue weighted by atomic mass is 10.2. The van der Waals surface area contributed by atoms with Crippen LogP contribution in [0.2, 0.25) is 0 Å². The van der Waals surface area contributed by atoms with Crippen molar-refractivity contribution in [2.75, 3.05) is 23.9 Å². The Bertz CT molecular complexity index is 426. The average Bonchev–Trinajstić information content (AvgIpc) is 2.28. The molecule has 0 fully saturated rings. The third kappa shape index (κ3) is 4.43. The molecule has 0 aliphatic rings. The van der Waals surface area contributed by atoms with E-state index in [4.69, 9.17) is 10.8 Å². The summed E-state index contributed by atoms with van der Waals surface area (Å²) >= 11 is 1.40. The number of nitrogens with one attached hydrogen (secondary N) is 1. The molecule has 0 aliphatic carbocycles. The fourth-order valence-electron chi connectivity index (χ4n) is 1.43. The highest BCUT2D eigenvalue weighted by molar-refractivity contribution is 7.99. The van der Waals surface area contributed by atoms with E-state index in [1.54, 1.807) is 13.2 Å². The Balaban J connectivity index is 2.93. The smallest absolute Gasteiger partial charge is 0.395 e. The van der Waals surface area contributed by atoms with Crippen LogP contribution in [0.4, 0.5) is 24.8 Å². The summed E-state index contributed by atoms with van der Waals surface area (Å²) in [5.74, 6) is -1.56. The van der Waals surface area contributed by atoms with E-state index in [2.05, 4.69) is 15.3 Å². The Labute approximate surface area is 112 Å². The minimum absolute atomic E-state index is 0.0141. The molecule has 9 heteroatoms. The molecule has 108 valence electrons. The van der Waals surface area contributed by atoms with Gasteiger partial charge in [0.15, 0.2) is 0 Å². The monoisotopic (exact) mass is 296 g/mol. The van der Waals surface area contributed by atoms with Gasteiger partial charge in [0.2, 0.25) is 5.82 Å². The van der Waals surface area contributed by atoms with Gasteiger partial charge in [-0.3, -0.25) is 0 Å². The number of halogens is 3. The Hall–Kier alpha value is -1.22. The van der Waals surface area contributed by atoms with E-state index in [0.29, 0.717) is 0 Å². The summed E-state index contributed by atoms with van der Waals surface area (Å²) < 4.78 is 37.6. The summed E-state index contributed by atoms with van der Waals surface area (Å²) in [4.78, 5) is 6.52. The van der Waals surface area contributed by atoms with Crippen LogP contribution in [0, 0.1) is 0 Å². The number of aromatic nitrogens is 2. The largest absolute Gasteiger partial charge is 0.451 e. The molecule has 0 amide bonds. The van der Waals surface area contributed by atoms with Gasteiger partial charge in [-0.05, 0) is 13.2 Å². The van der Waals surface area contributed by atoms with Gasteiger partial charge in [0.05, 0.1) is 6.61 Å². The predicted octanol–water partition coefficient (Wildman–Crippen LogP) is 1.60.